The summed E-state index contributed by atoms with van der Waals surface area (Å²) in [7, 11) is 1.56. The normalized spacial score (nSPS) is 10.8. The third-order valence-corrected chi connectivity index (χ3v) is 4.59. The van der Waals surface area contributed by atoms with E-state index in [4.69, 9.17) is 21.1 Å². The van der Waals surface area contributed by atoms with Crippen LogP contribution in [-0.4, -0.2) is 30.9 Å². The minimum atomic E-state index is -0.302. The van der Waals surface area contributed by atoms with E-state index in [2.05, 4.69) is 31.4 Å². The number of nitrogens with zero attached hydrogens (tertiary/aromatic N) is 2. The second-order valence-corrected chi connectivity index (χ2v) is 6.59. The van der Waals surface area contributed by atoms with Crippen molar-refractivity contribution in [3.05, 3.63) is 38.3 Å². The number of methoxy groups -OCH3 is 1. The molecule has 0 bridgehead atoms. The molecule has 0 atom stereocenters. The van der Waals surface area contributed by atoms with Crippen molar-refractivity contribution in [2.75, 3.05) is 19.1 Å². The van der Waals surface area contributed by atoms with E-state index in [1.807, 2.05) is 0 Å². The Hall–Kier alpha value is -1.64. The maximum atomic E-state index is 11.4. The van der Waals surface area contributed by atoms with Crippen molar-refractivity contribution in [2.24, 2.45) is 5.10 Å². The van der Waals surface area contributed by atoms with Crippen molar-refractivity contribution in [2.45, 2.75) is 13.3 Å². The van der Waals surface area contributed by atoms with E-state index in [-0.39, 0.29) is 12.4 Å². The number of benzene rings is 1. The maximum absolute atomic E-state index is 11.4. The first-order valence-electron chi connectivity index (χ1n) is 6.96. The van der Waals surface area contributed by atoms with Crippen molar-refractivity contribution in [3.8, 4) is 5.75 Å². The molecule has 1 aromatic heterocycles. The van der Waals surface area contributed by atoms with Crippen molar-refractivity contribution in [1.82, 2.24) is 4.98 Å². The van der Waals surface area contributed by atoms with E-state index in [1.165, 1.54) is 11.3 Å². The summed E-state index contributed by atoms with van der Waals surface area (Å²) in [6.45, 7) is 2.12. The fourth-order valence-corrected chi connectivity index (χ4v) is 3.19. The highest BCUT2D eigenvalue weighted by Gasteiger charge is 2.10. The zero-order valence-corrected chi connectivity index (χ0v) is 16.2. The molecule has 1 aromatic carbocycles. The average molecular weight is 433 g/mol. The minimum Gasteiger partial charge on any atom is -0.495 e. The molecule has 0 aliphatic carbocycles. The van der Waals surface area contributed by atoms with Gasteiger partial charge in [0.05, 0.1) is 47.1 Å². The summed E-state index contributed by atoms with van der Waals surface area (Å²) in [5.41, 5.74) is 4.09. The lowest BCUT2D eigenvalue weighted by Gasteiger charge is -2.08. The van der Waals surface area contributed by atoms with Gasteiger partial charge in [-0.3, -0.25) is 10.2 Å². The topological polar surface area (TPSA) is 72.8 Å². The molecule has 0 amide bonds. The quantitative estimate of drug-likeness (QED) is 0.405. The van der Waals surface area contributed by atoms with Crippen LogP contribution in [0.5, 0.6) is 5.75 Å². The van der Waals surface area contributed by atoms with Gasteiger partial charge in [-0.1, -0.05) is 11.6 Å². The van der Waals surface area contributed by atoms with E-state index in [0.29, 0.717) is 33.8 Å². The summed E-state index contributed by atoms with van der Waals surface area (Å²) in [5.74, 6) is 0.290. The fraction of sp³-hybridized carbons (Fsp3) is 0.267. The summed E-state index contributed by atoms with van der Waals surface area (Å²) < 4.78 is 11.0. The lowest BCUT2D eigenvalue weighted by Crippen LogP contribution is -2.07. The van der Waals surface area contributed by atoms with Gasteiger partial charge in [0, 0.05) is 5.38 Å². The fourth-order valence-electron chi connectivity index (χ4n) is 1.83. The van der Waals surface area contributed by atoms with Crippen LogP contribution in [0.15, 0.2) is 27.1 Å². The maximum Gasteiger partial charge on any atom is 0.311 e. The van der Waals surface area contributed by atoms with Crippen LogP contribution < -0.4 is 10.2 Å². The summed E-state index contributed by atoms with van der Waals surface area (Å²) in [4.78, 5) is 15.7. The average Bonchev–Trinajstić information content (AvgIpc) is 2.98. The van der Waals surface area contributed by atoms with Gasteiger partial charge in [0.1, 0.15) is 5.75 Å². The molecule has 0 saturated heterocycles. The number of carbonyl (C=O) groups excluding carboxylic acids is 1. The van der Waals surface area contributed by atoms with E-state index in [0.717, 1.165) is 4.47 Å². The minimum absolute atomic E-state index is 0.140. The van der Waals surface area contributed by atoms with Crippen LogP contribution in [0.2, 0.25) is 5.02 Å². The summed E-state index contributed by atoms with van der Waals surface area (Å²) >= 11 is 10.9. The Morgan fingerprint density at radius 1 is 1.54 bits per heavy atom. The summed E-state index contributed by atoms with van der Waals surface area (Å²) in [6.07, 6.45) is 1.69. The molecule has 0 saturated carbocycles. The molecule has 0 unspecified atom stereocenters. The monoisotopic (exact) mass is 431 g/mol. The van der Waals surface area contributed by atoms with Crippen molar-refractivity contribution in [1.29, 1.82) is 0 Å². The Labute approximate surface area is 157 Å². The number of thiazole rings is 1. The Morgan fingerprint density at radius 2 is 2.33 bits per heavy atom. The van der Waals surface area contributed by atoms with Gasteiger partial charge in [0.2, 0.25) is 5.13 Å². The van der Waals surface area contributed by atoms with Crippen molar-refractivity contribution in [3.63, 3.8) is 0 Å². The molecule has 0 fully saturated rings. The molecule has 6 nitrogen and oxygen atoms in total. The van der Waals surface area contributed by atoms with E-state index < -0.39 is 0 Å². The standard InChI is InChI=1S/C15H15BrClN3O3S/c1-3-23-13(21)6-9-8-24-15(19-9)20-18-7-10-12(17)5-4-11(16)14(10)22-2/h4-5,7-8H,3,6H2,1-2H3,(H,19,20). The molecule has 24 heavy (non-hydrogen) atoms. The molecule has 0 spiro atoms. The van der Waals surface area contributed by atoms with Gasteiger partial charge < -0.3 is 9.47 Å². The molecule has 2 rings (SSSR count). The third kappa shape index (κ3) is 4.93. The predicted molar refractivity (Wildman–Crippen MR) is 99.4 cm³/mol. The number of anilines is 1. The van der Waals surface area contributed by atoms with Gasteiger partial charge in [-0.25, -0.2) is 4.98 Å². The van der Waals surface area contributed by atoms with Gasteiger partial charge >= 0.3 is 5.97 Å². The second-order valence-electron chi connectivity index (χ2n) is 4.47. The van der Waals surface area contributed by atoms with Crippen molar-refractivity contribution < 1.29 is 14.3 Å². The highest BCUT2D eigenvalue weighted by Crippen LogP contribution is 2.32. The molecule has 2 aromatic rings. The molecular formula is C15H15BrClN3O3S. The Morgan fingerprint density at radius 3 is 3.04 bits per heavy atom. The van der Waals surface area contributed by atoms with Crippen LogP contribution in [-0.2, 0) is 16.0 Å². The Bertz CT molecular complexity index is 752. The molecule has 128 valence electrons. The summed E-state index contributed by atoms with van der Waals surface area (Å²) in [5, 5.41) is 6.98. The second kappa shape index (κ2) is 9.00. The number of rotatable bonds is 7. The van der Waals surface area contributed by atoms with Crippen LogP contribution in [0.4, 0.5) is 5.13 Å². The van der Waals surface area contributed by atoms with Crippen LogP contribution in [0, 0.1) is 0 Å². The van der Waals surface area contributed by atoms with Crippen molar-refractivity contribution >= 4 is 56.2 Å². The highest BCUT2D eigenvalue weighted by atomic mass is 79.9. The number of nitrogens with one attached hydrogen (secondary N) is 1. The van der Waals surface area contributed by atoms with Gasteiger partial charge in [0.15, 0.2) is 0 Å². The largest absolute Gasteiger partial charge is 0.495 e. The molecule has 0 radical (unpaired) electrons. The first-order valence-corrected chi connectivity index (χ1v) is 9.01. The number of esters is 1. The molecule has 1 heterocycles. The van der Waals surface area contributed by atoms with Gasteiger partial charge in [0.25, 0.3) is 0 Å². The zero-order chi connectivity index (χ0) is 17.5. The Kier molecular flexibility index (Phi) is 7.01. The molecule has 9 heteroatoms. The lowest BCUT2D eigenvalue weighted by atomic mass is 10.2. The van der Waals surface area contributed by atoms with E-state index in [1.54, 1.807) is 37.8 Å². The number of halogens is 2. The smallest absolute Gasteiger partial charge is 0.311 e. The van der Waals surface area contributed by atoms with Gasteiger partial charge in [-0.2, -0.15) is 5.10 Å². The number of ether oxygens (including phenoxy) is 2. The zero-order valence-electron chi connectivity index (χ0n) is 13.0. The van der Waals surface area contributed by atoms with Gasteiger partial charge in [-0.05, 0) is 35.0 Å². The van der Waals surface area contributed by atoms with Crippen LogP contribution >= 0.6 is 38.9 Å². The first kappa shape index (κ1) is 18.7. The number of hydrazone groups is 1. The Balaban J connectivity index is 2.04. The molecule has 1 N–H and O–H groups in total. The number of hydrogen-bond acceptors (Lipinski definition) is 7. The number of carbonyl (C=O) groups is 1. The third-order valence-electron chi connectivity index (χ3n) is 2.84. The molecule has 0 aliphatic rings. The highest BCUT2D eigenvalue weighted by molar-refractivity contribution is 9.10. The first-order chi connectivity index (χ1) is 11.5. The van der Waals surface area contributed by atoms with E-state index in [9.17, 15) is 4.79 Å². The molecule has 0 aliphatic heterocycles. The van der Waals surface area contributed by atoms with Crippen LogP contribution in [0.25, 0.3) is 0 Å². The van der Waals surface area contributed by atoms with Crippen LogP contribution in [0.3, 0.4) is 0 Å². The summed E-state index contributed by atoms with van der Waals surface area (Å²) in [6, 6.07) is 3.55. The molecular weight excluding hydrogens is 418 g/mol. The SMILES string of the molecule is CCOC(=O)Cc1csc(NN=Cc2c(Cl)ccc(Br)c2OC)n1. The van der Waals surface area contributed by atoms with Gasteiger partial charge in [-0.15, -0.1) is 11.3 Å². The number of hydrogen-bond donors (Lipinski definition) is 1. The van der Waals surface area contributed by atoms with Crippen LogP contribution in [0.1, 0.15) is 18.2 Å². The number of aromatic nitrogens is 1. The van der Waals surface area contributed by atoms with E-state index >= 15 is 0 Å². The lowest BCUT2D eigenvalue weighted by molar-refractivity contribution is -0.142. The predicted octanol–water partition coefficient (Wildman–Crippen LogP) is 4.12.